The van der Waals surface area contributed by atoms with Crippen LogP contribution in [0.3, 0.4) is 0 Å². The zero-order chi connectivity index (χ0) is 15.9. The smallest absolute Gasteiger partial charge is 0.251 e. The Hall–Kier alpha value is -1.66. The molecule has 0 saturated carbocycles. The average molecular weight is 320 g/mol. The lowest BCUT2D eigenvalue weighted by Gasteiger charge is -2.21. The maximum absolute atomic E-state index is 12.6. The zero-order valence-electron chi connectivity index (χ0n) is 12.7. The van der Waals surface area contributed by atoms with E-state index in [2.05, 4.69) is 4.72 Å². The van der Waals surface area contributed by atoms with E-state index < -0.39 is 16.1 Å². The van der Waals surface area contributed by atoms with Crippen LogP contribution in [0.4, 0.5) is 0 Å². The van der Waals surface area contributed by atoms with Crippen LogP contribution in [0.5, 0.6) is 0 Å². The Morgan fingerprint density at radius 2 is 1.95 bits per heavy atom. The second-order valence-corrected chi connectivity index (χ2v) is 7.58. The SMILES string of the molecule is C/C=C1\C(=O)N2CCC[C@H]2C1NS(=O)(=O)c1ccc(C)cc1. The van der Waals surface area contributed by atoms with Gasteiger partial charge in [0.25, 0.3) is 5.91 Å². The number of carbonyl (C=O) groups excluding carboxylic acids is 1. The molecule has 1 unspecified atom stereocenters. The van der Waals surface area contributed by atoms with Crippen LogP contribution in [0.25, 0.3) is 0 Å². The van der Waals surface area contributed by atoms with E-state index in [1.807, 2.05) is 6.92 Å². The molecule has 0 bridgehead atoms. The molecule has 2 atom stereocenters. The van der Waals surface area contributed by atoms with E-state index in [4.69, 9.17) is 0 Å². The van der Waals surface area contributed by atoms with Crippen molar-refractivity contribution < 1.29 is 13.2 Å². The molecule has 0 aliphatic carbocycles. The summed E-state index contributed by atoms with van der Waals surface area (Å²) in [7, 11) is -3.64. The number of hydrogen-bond donors (Lipinski definition) is 1. The zero-order valence-corrected chi connectivity index (χ0v) is 13.6. The molecule has 1 aromatic carbocycles. The predicted octanol–water partition coefficient (Wildman–Crippen LogP) is 1.59. The van der Waals surface area contributed by atoms with Crippen molar-refractivity contribution in [3.8, 4) is 0 Å². The van der Waals surface area contributed by atoms with Crippen LogP contribution in [0, 0.1) is 6.92 Å². The van der Waals surface area contributed by atoms with Crippen molar-refractivity contribution in [2.45, 2.75) is 43.7 Å². The Bertz CT molecular complexity index is 722. The van der Waals surface area contributed by atoms with Crippen LogP contribution in [0.15, 0.2) is 40.8 Å². The molecule has 0 spiro atoms. The van der Waals surface area contributed by atoms with Gasteiger partial charge in [0.15, 0.2) is 0 Å². The summed E-state index contributed by atoms with van der Waals surface area (Å²) in [5.74, 6) is -0.0402. The third-order valence-electron chi connectivity index (χ3n) is 4.45. The maximum Gasteiger partial charge on any atom is 0.251 e. The molecule has 5 nitrogen and oxygen atoms in total. The third-order valence-corrected chi connectivity index (χ3v) is 5.91. The van der Waals surface area contributed by atoms with Gasteiger partial charge in [-0.1, -0.05) is 23.8 Å². The normalized spacial score (nSPS) is 26.7. The minimum absolute atomic E-state index is 0.0402. The van der Waals surface area contributed by atoms with Crippen molar-refractivity contribution in [1.29, 1.82) is 0 Å². The van der Waals surface area contributed by atoms with Crippen molar-refractivity contribution in [3.05, 3.63) is 41.5 Å². The average Bonchev–Trinajstić information content (AvgIpc) is 3.03. The summed E-state index contributed by atoms with van der Waals surface area (Å²) >= 11 is 0. The lowest BCUT2D eigenvalue weighted by molar-refractivity contribution is -0.125. The summed E-state index contributed by atoms with van der Waals surface area (Å²) in [5.41, 5.74) is 1.56. The van der Waals surface area contributed by atoms with Crippen LogP contribution in [0.2, 0.25) is 0 Å². The van der Waals surface area contributed by atoms with Crippen molar-refractivity contribution in [2.24, 2.45) is 0 Å². The van der Waals surface area contributed by atoms with Crippen LogP contribution in [-0.4, -0.2) is 37.9 Å². The van der Waals surface area contributed by atoms with Gasteiger partial charge in [-0.2, -0.15) is 0 Å². The molecular formula is C16H20N2O3S. The molecule has 1 amide bonds. The Kier molecular flexibility index (Phi) is 3.82. The first-order chi connectivity index (χ1) is 10.4. The largest absolute Gasteiger partial charge is 0.334 e. The quantitative estimate of drug-likeness (QED) is 0.860. The van der Waals surface area contributed by atoms with E-state index in [9.17, 15) is 13.2 Å². The number of rotatable bonds is 3. The highest BCUT2D eigenvalue weighted by Crippen LogP contribution is 2.33. The Morgan fingerprint density at radius 3 is 2.59 bits per heavy atom. The fourth-order valence-electron chi connectivity index (χ4n) is 3.29. The van der Waals surface area contributed by atoms with E-state index in [1.165, 1.54) is 0 Å². The van der Waals surface area contributed by atoms with Gasteiger partial charge in [0.2, 0.25) is 10.0 Å². The summed E-state index contributed by atoms with van der Waals surface area (Å²) in [5, 5.41) is 0. The number of hydrogen-bond acceptors (Lipinski definition) is 3. The Morgan fingerprint density at radius 1 is 1.27 bits per heavy atom. The summed E-state index contributed by atoms with van der Waals surface area (Å²) in [4.78, 5) is 14.3. The van der Waals surface area contributed by atoms with Gasteiger partial charge < -0.3 is 4.90 Å². The molecule has 6 heteroatoms. The van der Waals surface area contributed by atoms with Crippen molar-refractivity contribution >= 4 is 15.9 Å². The van der Waals surface area contributed by atoms with Gasteiger partial charge in [-0.3, -0.25) is 4.79 Å². The number of benzene rings is 1. The number of sulfonamides is 1. The van der Waals surface area contributed by atoms with E-state index in [0.717, 1.165) is 18.4 Å². The molecule has 0 aromatic heterocycles. The van der Waals surface area contributed by atoms with Crippen LogP contribution >= 0.6 is 0 Å². The van der Waals surface area contributed by atoms with E-state index in [0.29, 0.717) is 12.1 Å². The molecule has 2 aliphatic rings. The molecular weight excluding hydrogens is 300 g/mol. The fourth-order valence-corrected chi connectivity index (χ4v) is 4.54. The summed E-state index contributed by atoms with van der Waals surface area (Å²) in [6.45, 7) is 4.40. The molecule has 2 aliphatic heterocycles. The van der Waals surface area contributed by atoms with E-state index in [-0.39, 0.29) is 16.8 Å². The van der Waals surface area contributed by atoms with Crippen molar-refractivity contribution in [2.75, 3.05) is 6.54 Å². The number of nitrogens with one attached hydrogen (secondary N) is 1. The minimum atomic E-state index is -3.64. The molecule has 0 radical (unpaired) electrons. The highest BCUT2D eigenvalue weighted by atomic mass is 32.2. The van der Waals surface area contributed by atoms with Gasteiger partial charge in [0.1, 0.15) is 0 Å². The van der Waals surface area contributed by atoms with Gasteiger partial charge in [-0.05, 0) is 38.8 Å². The van der Waals surface area contributed by atoms with Crippen LogP contribution < -0.4 is 4.72 Å². The highest BCUT2D eigenvalue weighted by Gasteiger charge is 2.47. The second-order valence-electron chi connectivity index (χ2n) is 5.86. The van der Waals surface area contributed by atoms with Gasteiger partial charge in [-0.25, -0.2) is 13.1 Å². The summed E-state index contributed by atoms with van der Waals surface area (Å²) < 4.78 is 27.9. The van der Waals surface area contributed by atoms with E-state index >= 15 is 0 Å². The summed E-state index contributed by atoms with van der Waals surface area (Å²) in [6.07, 6.45) is 3.49. The number of aryl methyl sites for hydroxylation is 1. The molecule has 2 fully saturated rings. The number of nitrogens with zero attached hydrogens (tertiary/aromatic N) is 1. The van der Waals surface area contributed by atoms with Gasteiger partial charge in [0, 0.05) is 12.1 Å². The number of carbonyl (C=O) groups is 1. The number of fused-ring (bicyclic) bond motifs is 1. The van der Waals surface area contributed by atoms with E-state index in [1.54, 1.807) is 42.2 Å². The maximum atomic E-state index is 12.6. The van der Waals surface area contributed by atoms with Crippen LogP contribution in [-0.2, 0) is 14.8 Å². The highest BCUT2D eigenvalue weighted by molar-refractivity contribution is 7.89. The van der Waals surface area contributed by atoms with Gasteiger partial charge >= 0.3 is 0 Å². The third kappa shape index (κ3) is 2.46. The minimum Gasteiger partial charge on any atom is -0.334 e. The first kappa shape index (κ1) is 15.2. The number of amides is 1. The molecule has 2 heterocycles. The molecule has 1 aromatic rings. The van der Waals surface area contributed by atoms with Crippen molar-refractivity contribution in [3.63, 3.8) is 0 Å². The lowest BCUT2D eigenvalue weighted by Crippen LogP contribution is -2.43. The predicted molar refractivity (Wildman–Crippen MR) is 83.8 cm³/mol. The van der Waals surface area contributed by atoms with Crippen molar-refractivity contribution in [1.82, 2.24) is 9.62 Å². The molecule has 3 rings (SSSR count). The van der Waals surface area contributed by atoms with Gasteiger partial charge in [0.05, 0.1) is 17.0 Å². The van der Waals surface area contributed by atoms with Gasteiger partial charge in [-0.15, -0.1) is 0 Å². The number of allylic oxidation sites excluding steroid dienone is 1. The lowest BCUT2D eigenvalue weighted by atomic mass is 10.0. The second kappa shape index (κ2) is 5.52. The Labute approximate surface area is 131 Å². The molecule has 118 valence electrons. The first-order valence-corrected chi connectivity index (χ1v) is 8.98. The summed E-state index contributed by atoms with van der Waals surface area (Å²) in [6, 6.07) is 6.22. The Balaban J connectivity index is 1.90. The van der Waals surface area contributed by atoms with Crippen LogP contribution in [0.1, 0.15) is 25.3 Å². The monoisotopic (exact) mass is 320 g/mol. The standard InChI is InChI=1S/C16H20N2O3S/c1-3-13-15(14-5-4-10-18(14)16(13)19)17-22(20,21)12-8-6-11(2)7-9-12/h3,6-9,14-15,17H,4-5,10H2,1-2H3/b13-3-/t14-,15?/m0/s1. The fraction of sp³-hybridized carbons (Fsp3) is 0.438. The topological polar surface area (TPSA) is 66.5 Å². The molecule has 2 saturated heterocycles. The molecule has 22 heavy (non-hydrogen) atoms. The first-order valence-electron chi connectivity index (χ1n) is 7.50. The molecule has 1 N–H and O–H groups in total.